The van der Waals surface area contributed by atoms with E-state index in [1.165, 1.54) is 34.2 Å². The van der Waals surface area contributed by atoms with Gasteiger partial charge in [-0.15, -0.1) is 10.2 Å². The summed E-state index contributed by atoms with van der Waals surface area (Å²) in [7, 11) is 0. The topological polar surface area (TPSA) is 66.9 Å². The van der Waals surface area contributed by atoms with E-state index in [-0.39, 0.29) is 11.7 Å². The highest BCUT2D eigenvalue weighted by molar-refractivity contribution is 8.01. The second-order valence-corrected chi connectivity index (χ2v) is 9.39. The molecule has 1 aromatic heterocycles. The summed E-state index contributed by atoms with van der Waals surface area (Å²) >= 11 is 2.87. The van der Waals surface area contributed by atoms with Crippen molar-refractivity contribution < 1.29 is 4.79 Å². The number of carbonyl (C=O) groups is 1. The summed E-state index contributed by atoms with van der Waals surface area (Å²) in [5, 5.41) is 15.5. The maximum absolute atomic E-state index is 12.5. The summed E-state index contributed by atoms with van der Waals surface area (Å²) in [6, 6.07) is 28.5. The van der Waals surface area contributed by atoms with E-state index in [0.29, 0.717) is 0 Å². The molecule has 3 aromatic carbocycles. The quantitative estimate of drug-likeness (QED) is 0.305. The summed E-state index contributed by atoms with van der Waals surface area (Å²) in [5.41, 5.74) is 4.44. The fourth-order valence-electron chi connectivity index (χ4n) is 3.22. The molecule has 1 amide bonds. The monoisotopic (exact) mass is 460 g/mol. The second-order valence-electron chi connectivity index (χ2n) is 7.19. The van der Waals surface area contributed by atoms with E-state index in [0.717, 1.165) is 40.1 Å². The molecular formula is C25H24N4OS2. The van der Waals surface area contributed by atoms with Gasteiger partial charge >= 0.3 is 0 Å². The molecule has 4 aromatic rings. The lowest BCUT2D eigenvalue weighted by Gasteiger charge is -2.11. The van der Waals surface area contributed by atoms with Crippen molar-refractivity contribution in [2.45, 2.75) is 17.2 Å². The minimum atomic E-state index is -0.0516. The van der Waals surface area contributed by atoms with Crippen LogP contribution in [0, 0.1) is 0 Å². The predicted octanol–water partition coefficient (Wildman–Crippen LogP) is 5.51. The lowest BCUT2D eigenvalue weighted by atomic mass is 10.0. The molecular weight excluding hydrogens is 436 g/mol. The van der Waals surface area contributed by atoms with Gasteiger partial charge in [-0.2, -0.15) is 0 Å². The van der Waals surface area contributed by atoms with Gasteiger partial charge in [-0.1, -0.05) is 102 Å². The maximum atomic E-state index is 12.5. The van der Waals surface area contributed by atoms with Crippen molar-refractivity contribution in [3.63, 3.8) is 0 Å². The molecule has 0 atom stereocenters. The Balaban J connectivity index is 1.25. The third kappa shape index (κ3) is 6.67. The number of aromatic nitrogens is 2. The van der Waals surface area contributed by atoms with Crippen LogP contribution in [0.25, 0.3) is 0 Å². The van der Waals surface area contributed by atoms with Crippen LogP contribution in [0.5, 0.6) is 0 Å². The normalized spacial score (nSPS) is 10.6. The minimum Gasteiger partial charge on any atom is -0.360 e. The first kappa shape index (κ1) is 22.0. The SMILES string of the molecule is O=C(CSc1nnc(NCCc2ccccc2)s1)Nc1ccccc1Cc1ccccc1. The van der Waals surface area contributed by atoms with Crippen LogP contribution < -0.4 is 10.6 Å². The number of rotatable bonds is 10. The zero-order valence-corrected chi connectivity index (χ0v) is 19.2. The van der Waals surface area contributed by atoms with Crippen molar-refractivity contribution in [3.05, 3.63) is 102 Å². The lowest BCUT2D eigenvalue weighted by molar-refractivity contribution is -0.113. The smallest absolute Gasteiger partial charge is 0.234 e. The van der Waals surface area contributed by atoms with Crippen molar-refractivity contribution in [1.29, 1.82) is 0 Å². The van der Waals surface area contributed by atoms with Crippen LogP contribution in [0.3, 0.4) is 0 Å². The van der Waals surface area contributed by atoms with E-state index in [1.54, 1.807) is 0 Å². The van der Waals surface area contributed by atoms with Crippen LogP contribution in [0.1, 0.15) is 16.7 Å². The third-order valence-corrected chi connectivity index (χ3v) is 6.81. The Kier molecular flexibility index (Phi) is 7.89. The Morgan fingerprint density at radius 2 is 1.53 bits per heavy atom. The Labute approximate surface area is 196 Å². The number of thioether (sulfide) groups is 1. The zero-order chi connectivity index (χ0) is 22.0. The van der Waals surface area contributed by atoms with Gasteiger partial charge in [0.25, 0.3) is 0 Å². The molecule has 0 bridgehead atoms. The van der Waals surface area contributed by atoms with Gasteiger partial charge in [0.2, 0.25) is 11.0 Å². The van der Waals surface area contributed by atoms with Gasteiger partial charge in [0.15, 0.2) is 4.34 Å². The van der Waals surface area contributed by atoms with E-state index in [2.05, 4.69) is 45.1 Å². The highest BCUT2D eigenvalue weighted by atomic mass is 32.2. The molecule has 32 heavy (non-hydrogen) atoms. The van der Waals surface area contributed by atoms with Crippen LogP contribution in [0.15, 0.2) is 89.3 Å². The van der Waals surface area contributed by atoms with E-state index >= 15 is 0 Å². The molecule has 7 heteroatoms. The molecule has 5 nitrogen and oxygen atoms in total. The van der Waals surface area contributed by atoms with Crippen LogP contribution in [0.4, 0.5) is 10.8 Å². The Morgan fingerprint density at radius 1 is 0.844 bits per heavy atom. The minimum absolute atomic E-state index is 0.0516. The Hall–Kier alpha value is -3.16. The standard InChI is InChI=1S/C25H24N4OS2/c30-23(27-22-14-8-7-13-21(22)17-20-11-5-2-6-12-20)18-31-25-29-28-24(32-25)26-16-15-19-9-3-1-4-10-19/h1-14H,15-18H2,(H,26,28)(H,27,30). The van der Waals surface area contributed by atoms with Gasteiger partial charge < -0.3 is 10.6 Å². The van der Waals surface area contributed by atoms with Crippen molar-refractivity contribution in [1.82, 2.24) is 10.2 Å². The molecule has 0 aliphatic rings. The number of nitrogens with zero attached hydrogens (tertiary/aromatic N) is 2. The van der Waals surface area contributed by atoms with E-state index in [4.69, 9.17) is 0 Å². The molecule has 4 rings (SSSR count). The van der Waals surface area contributed by atoms with Gasteiger partial charge in [0.1, 0.15) is 0 Å². The van der Waals surface area contributed by atoms with E-state index in [1.807, 2.05) is 60.7 Å². The number of hydrogen-bond acceptors (Lipinski definition) is 6. The zero-order valence-electron chi connectivity index (χ0n) is 17.5. The summed E-state index contributed by atoms with van der Waals surface area (Å²) in [4.78, 5) is 12.5. The summed E-state index contributed by atoms with van der Waals surface area (Å²) < 4.78 is 0.778. The molecule has 1 heterocycles. The molecule has 0 saturated carbocycles. The van der Waals surface area contributed by atoms with Crippen molar-refractivity contribution >= 4 is 39.8 Å². The number of anilines is 2. The average molecular weight is 461 g/mol. The highest BCUT2D eigenvalue weighted by Crippen LogP contribution is 2.26. The van der Waals surface area contributed by atoms with E-state index in [9.17, 15) is 4.79 Å². The molecule has 0 saturated heterocycles. The number of benzene rings is 3. The molecule has 0 fully saturated rings. The first-order valence-electron chi connectivity index (χ1n) is 10.4. The molecule has 0 unspecified atom stereocenters. The average Bonchev–Trinajstić information content (AvgIpc) is 3.28. The Bertz CT molecular complexity index is 1130. The number of carbonyl (C=O) groups excluding carboxylic acids is 1. The second kappa shape index (κ2) is 11.5. The van der Waals surface area contributed by atoms with Gasteiger partial charge in [-0.25, -0.2) is 0 Å². The summed E-state index contributed by atoms with van der Waals surface area (Å²) in [5.74, 6) is 0.238. The van der Waals surface area contributed by atoms with E-state index < -0.39 is 0 Å². The first-order chi connectivity index (χ1) is 15.8. The van der Waals surface area contributed by atoms with Gasteiger partial charge in [0, 0.05) is 12.2 Å². The molecule has 0 spiro atoms. The fraction of sp³-hybridized carbons (Fsp3) is 0.160. The van der Waals surface area contributed by atoms with Crippen molar-refractivity contribution in [3.8, 4) is 0 Å². The maximum Gasteiger partial charge on any atom is 0.234 e. The van der Waals surface area contributed by atoms with Gasteiger partial charge in [-0.3, -0.25) is 4.79 Å². The third-order valence-electron chi connectivity index (χ3n) is 4.79. The fourth-order valence-corrected chi connectivity index (χ4v) is 4.80. The van der Waals surface area contributed by atoms with Crippen molar-refractivity contribution in [2.24, 2.45) is 0 Å². The van der Waals surface area contributed by atoms with Crippen LogP contribution in [-0.2, 0) is 17.6 Å². The largest absolute Gasteiger partial charge is 0.360 e. The predicted molar refractivity (Wildman–Crippen MR) is 134 cm³/mol. The molecule has 0 aliphatic heterocycles. The van der Waals surface area contributed by atoms with Crippen LogP contribution in [-0.4, -0.2) is 28.4 Å². The molecule has 162 valence electrons. The Morgan fingerprint density at radius 3 is 2.31 bits per heavy atom. The first-order valence-corrected chi connectivity index (χ1v) is 12.2. The van der Waals surface area contributed by atoms with Gasteiger partial charge in [0.05, 0.1) is 5.75 Å². The summed E-state index contributed by atoms with van der Waals surface area (Å²) in [6.45, 7) is 0.794. The molecule has 0 aliphatic carbocycles. The number of nitrogens with one attached hydrogen (secondary N) is 2. The molecule has 0 radical (unpaired) electrons. The molecule has 2 N–H and O–H groups in total. The van der Waals surface area contributed by atoms with Crippen LogP contribution >= 0.6 is 23.1 Å². The number of amides is 1. The van der Waals surface area contributed by atoms with Crippen LogP contribution in [0.2, 0.25) is 0 Å². The number of hydrogen-bond donors (Lipinski definition) is 2. The summed E-state index contributed by atoms with van der Waals surface area (Å²) in [6.07, 6.45) is 1.70. The lowest BCUT2D eigenvalue weighted by Crippen LogP contribution is -2.15. The number of para-hydroxylation sites is 1. The van der Waals surface area contributed by atoms with Gasteiger partial charge in [-0.05, 0) is 35.6 Å². The highest BCUT2D eigenvalue weighted by Gasteiger charge is 2.10. The van der Waals surface area contributed by atoms with Crippen molar-refractivity contribution in [2.75, 3.05) is 22.9 Å².